The predicted molar refractivity (Wildman–Crippen MR) is 287 cm³/mol. The number of nitrogens with zero attached hydrogens (tertiary/aromatic N) is 4. The Kier molecular flexibility index (Phi) is 7.95. The molecule has 13 aromatic rings. The second-order valence-corrected chi connectivity index (χ2v) is 19.4. The van der Waals surface area contributed by atoms with Gasteiger partial charge in [0.1, 0.15) is 0 Å². The molecule has 0 spiro atoms. The van der Waals surface area contributed by atoms with E-state index in [1.54, 1.807) is 18.2 Å². The summed E-state index contributed by atoms with van der Waals surface area (Å²) < 4.78 is 110. The van der Waals surface area contributed by atoms with Gasteiger partial charge in [-0.3, -0.25) is 0 Å². The van der Waals surface area contributed by atoms with E-state index in [1.165, 1.54) is 0 Å². The van der Waals surface area contributed by atoms with Gasteiger partial charge in [-0.2, -0.15) is 0 Å². The van der Waals surface area contributed by atoms with Gasteiger partial charge in [-0.15, -0.1) is 0 Å². The number of hydrogen-bond donors (Lipinski definition) is 0. The average Bonchev–Trinajstić information content (AvgIpc) is 3.83. The normalized spacial score (nSPS) is 13.9. The summed E-state index contributed by atoms with van der Waals surface area (Å²) in [6.45, 7) is 6.55. The van der Waals surface area contributed by atoms with Crippen molar-refractivity contribution < 1.29 is 42.2 Å². The minimum atomic E-state index is -0.576. The van der Waals surface area contributed by atoms with Crippen molar-refractivity contribution in [2.24, 2.45) is 0 Å². The average molecular weight is 1110 g/mol. The van der Waals surface area contributed by atoms with E-state index >= 15 is 0 Å². The maximum absolute atomic E-state index is 9.31. The Balaban J connectivity index is 1.14. The molecule has 71 heavy (non-hydrogen) atoms. The van der Waals surface area contributed by atoms with Gasteiger partial charge in [-0.05, 0) is 17.0 Å². The van der Waals surface area contributed by atoms with Crippen LogP contribution < -0.4 is 4.74 Å². The summed E-state index contributed by atoms with van der Waals surface area (Å²) in [6, 6.07) is 45.5. The number of hydrogen-bond acceptors (Lipinski definition) is 3. The summed E-state index contributed by atoms with van der Waals surface area (Å²) in [4.78, 5) is 4.89. The van der Waals surface area contributed by atoms with Crippen molar-refractivity contribution in [1.82, 2.24) is 18.5 Å². The van der Waals surface area contributed by atoms with Crippen LogP contribution in [0.15, 0.2) is 229 Å². The molecule has 0 N–H and O–H groups in total. The Hall–Kier alpha value is -8.31. The molecule has 0 radical (unpaired) electrons. The maximum atomic E-state index is 9.31. The van der Waals surface area contributed by atoms with Crippen molar-refractivity contribution in [1.29, 1.82) is 0 Å². The van der Waals surface area contributed by atoms with Gasteiger partial charge in [0.05, 0.1) is 0 Å². The Morgan fingerprint density at radius 2 is 1.13 bits per heavy atom. The van der Waals surface area contributed by atoms with Crippen LogP contribution in [0, 0.1) is 3.80 Å². The van der Waals surface area contributed by atoms with Gasteiger partial charge in [0.25, 0.3) is 0 Å². The number of aromatic nitrogens is 4. The molecule has 0 aliphatic carbocycles. The first kappa shape index (κ1) is 33.3. The van der Waals surface area contributed by atoms with E-state index < -0.39 is 60.4 Å². The summed E-state index contributed by atoms with van der Waals surface area (Å²) in [7, 11) is 0. The van der Waals surface area contributed by atoms with Gasteiger partial charge in [0, 0.05) is 6.20 Å². The van der Waals surface area contributed by atoms with Crippen molar-refractivity contribution in [2.45, 2.75) is 26.2 Å². The number of fused-ring (bicyclic) bond motifs is 7. The molecule has 0 fully saturated rings. The molecular formula is C64H46N4O2Pt. The third kappa shape index (κ3) is 7.20. The van der Waals surface area contributed by atoms with Gasteiger partial charge < -0.3 is 0 Å². The van der Waals surface area contributed by atoms with E-state index in [2.05, 4.69) is 75.0 Å². The molecule has 4 aromatic heterocycles. The van der Waals surface area contributed by atoms with Crippen molar-refractivity contribution in [3.63, 3.8) is 0 Å². The fourth-order valence-corrected chi connectivity index (χ4v) is 10.9. The molecule has 0 saturated heterocycles. The summed E-state index contributed by atoms with van der Waals surface area (Å²) >= 11 is 2.20. The van der Waals surface area contributed by atoms with Crippen LogP contribution in [0.5, 0.6) is 11.5 Å². The number of imidazole rings is 1. The van der Waals surface area contributed by atoms with E-state index in [1.807, 2.05) is 124 Å². The SMILES string of the molecule is [2H]c1c([2H])c([2H])c(-c2cccc(-c3c([2H])c([2H])c([2H])c([2H])c3[2H])c2-n2[c](=[Pt])n3c4cc(Oc5ccc6c7ccccc7n(-c7cc(C(C)(C)C)ccn7)c6c5)ccc4oc4c(-c5ccccc5)cccc4c4cccc2c43)c([2H])c1[2H]. The fourth-order valence-electron chi connectivity index (χ4n) is 9.86. The fraction of sp³-hybridized carbons (Fsp3) is 0.0625. The third-order valence-electron chi connectivity index (χ3n) is 13.1. The van der Waals surface area contributed by atoms with Crippen LogP contribution in [0.3, 0.4) is 0 Å². The first-order valence-corrected chi connectivity index (χ1v) is 24.3. The predicted octanol–water partition coefficient (Wildman–Crippen LogP) is 17.0. The van der Waals surface area contributed by atoms with Crippen LogP contribution >= 0.6 is 0 Å². The zero-order valence-corrected chi connectivity index (χ0v) is 40.8. The van der Waals surface area contributed by atoms with Gasteiger partial charge in [0.15, 0.2) is 0 Å². The van der Waals surface area contributed by atoms with Gasteiger partial charge in [-0.25, -0.2) is 0 Å². The molecule has 13 rings (SSSR count). The van der Waals surface area contributed by atoms with Crippen LogP contribution in [0.25, 0.3) is 105 Å². The van der Waals surface area contributed by atoms with Crippen LogP contribution in [-0.2, 0) is 24.8 Å². The van der Waals surface area contributed by atoms with Crippen LogP contribution in [0.1, 0.15) is 40.0 Å². The van der Waals surface area contributed by atoms with Crippen molar-refractivity contribution in [3.8, 4) is 56.4 Å². The molecule has 4 heterocycles. The molecule has 0 saturated carbocycles. The number of pyridine rings is 1. The van der Waals surface area contributed by atoms with E-state index in [0.29, 0.717) is 43.0 Å². The molecule has 0 atom stereocenters. The zero-order chi connectivity index (χ0) is 56.5. The van der Waals surface area contributed by atoms with E-state index in [4.69, 9.17) is 22.4 Å². The zero-order valence-electron chi connectivity index (χ0n) is 48.5. The third-order valence-corrected chi connectivity index (χ3v) is 14.1. The van der Waals surface area contributed by atoms with Gasteiger partial charge in [-0.1, -0.05) is 32.9 Å². The Morgan fingerprint density at radius 3 is 1.87 bits per heavy atom. The van der Waals surface area contributed by atoms with Crippen molar-refractivity contribution in [2.75, 3.05) is 0 Å². The summed E-state index contributed by atoms with van der Waals surface area (Å²) in [5.41, 5.74) is 7.77. The molecule has 344 valence electrons. The van der Waals surface area contributed by atoms with Crippen LogP contribution in [0.2, 0.25) is 0 Å². The first-order chi connectivity index (χ1) is 38.9. The van der Waals surface area contributed by atoms with Gasteiger partial charge in [0.2, 0.25) is 0 Å². The number of rotatable bonds is 7. The number of benzene rings is 9. The quantitative estimate of drug-likeness (QED) is 0.160. The molecule has 0 bridgehead atoms. The summed E-state index contributed by atoms with van der Waals surface area (Å²) in [5.74, 6) is 1.80. The molecular weight excluding hydrogens is 1050 g/mol. The standard InChI is InChI=1S/C64H46N4O2.Pt/c1-64(2,3)45-36-37-65-60(38-45)68-55-30-14-13-24-51(55)52-34-32-46(39-57(52)68)69-47-33-35-59-58(40-47)67-41-66(61-48(42-18-7-4-8-19-42)25-15-26-49(61)43-20-9-5-10-21-43)56-31-17-28-53(62(56)67)54-29-16-27-50(63(54)70-59)44-22-11-6-12-23-44;/h4-40H,1-3H3;/i4D,5D,7D,8D,9D,10D,18D,19D,20D,21D;. The Bertz CT molecular complexity index is 4800. The van der Waals surface area contributed by atoms with Crippen LogP contribution in [-0.4, -0.2) is 18.5 Å². The van der Waals surface area contributed by atoms with Crippen molar-refractivity contribution in [3.05, 3.63) is 234 Å². The molecule has 0 amide bonds. The molecule has 0 aliphatic rings. The number of ether oxygens (including phenoxy) is 1. The van der Waals surface area contributed by atoms with E-state index in [-0.39, 0.29) is 33.4 Å². The van der Waals surface area contributed by atoms with Crippen LogP contribution in [0.4, 0.5) is 0 Å². The molecule has 0 aliphatic heterocycles. The van der Waals surface area contributed by atoms with Crippen molar-refractivity contribution >= 4 is 60.3 Å². The first-order valence-electron chi connectivity index (χ1n) is 28.1. The molecule has 9 aromatic carbocycles. The molecule has 6 nitrogen and oxygen atoms in total. The molecule has 0 unspecified atom stereocenters. The number of para-hydroxylation sites is 4. The van der Waals surface area contributed by atoms with E-state index in [9.17, 15) is 5.48 Å². The second-order valence-electron chi connectivity index (χ2n) is 18.4. The van der Waals surface area contributed by atoms with Gasteiger partial charge >= 0.3 is 381 Å². The summed E-state index contributed by atoms with van der Waals surface area (Å²) in [6.07, 6.45) is 1.85. The summed E-state index contributed by atoms with van der Waals surface area (Å²) in [5, 5.41) is 3.60. The monoisotopic (exact) mass is 1110 g/mol. The Labute approximate surface area is 435 Å². The second kappa shape index (κ2) is 17.0. The molecule has 7 heteroatoms. The van der Waals surface area contributed by atoms with E-state index in [0.717, 1.165) is 55.1 Å². The minimum absolute atomic E-state index is 0.118. The topological polar surface area (TPSA) is 49.5 Å². The Morgan fingerprint density at radius 1 is 0.521 bits per heavy atom.